The van der Waals surface area contributed by atoms with Gasteiger partial charge in [-0.15, -0.1) is 0 Å². The molecule has 8 nitrogen and oxygen atoms in total. The van der Waals surface area contributed by atoms with E-state index in [-0.39, 0.29) is 30.2 Å². The van der Waals surface area contributed by atoms with Gasteiger partial charge in [0.05, 0.1) is 37.3 Å². The largest absolute Gasteiger partial charge is 0.391 e. The quantitative estimate of drug-likeness (QED) is 0.463. The van der Waals surface area contributed by atoms with Crippen LogP contribution in [0.25, 0.3) is 0 Å². The van der Waals surface area contributed by atoms with Gasteiger partial charge in [0.2, 0.25) is 0 Å². The molecule has 33 heavy (non-hydrogen) atoms. The summed E-state index contributed by atoms with van der Waals surface area (Å²) >= 11 is 0. The van der Waals surface area contributed by atoms with Gasteiger partial charge in [0.25, 0.3) is 0 Å². The Balaban J connectivity index is 2.16. The minimum absolute atomic E-state index is 0.131. The number of aliphatic hydroxyl groups excluding tert-OH is 2. The van der Waals surface area contributed by atoms with Crippen LogP contribution in [-0.2, 0) is 21.6 Å². The number of ether oxygens (including phenoxy) is 1. The van der Waals surface area contributed by atoms with E-state index in [1.807, 2.05) is 30.3 Å². The third-order valence-electron chi connectivity index (χ3n) is 6.41. The molecule has 0 aliphatic carbocycles. The molecule has 0 aliphatic rings. The van der Waals surface area contributed by atoms with Crippen molar-refractivity contribution < 1.29 is 23.4 Å². The van der Waals surface area contributed by atoms with Crippen molar-refractivity contribution in [2.45, 2.75) is 70.6 Å². The fourth-order valence-corrected chi connectivity index (χ4v) is 6.95. The Labute approximate surface area is 199 Å². The Morgan fingerprint density at radius 1 is 1.12 bits per heavy atom. The maximum absolute atomic E-state index is 13.2. The highest BCUT2D eigenvalue weighted by Gasteiger charge is 2.44. The average Bonchev–Trinajstić information content (AvgIpc) is 3.18. The first kappa shape index (κ1) is 27.7. The Bertz CT molecular complexity index is 1000. The van der Waals surface area contributed by atoms with Crippen LogP contribution in [0.3, 0.4) is 0 Å². The Hall–Kier alpha value is -1.56. The van der Waals surface area contributed by atoms with Crippen LogP contribution >= 0.6 is 0 Å². The van der Waals surface area contributed by atoms with Crippen molar-refractivity contribution in [3.8, 4) is 0 Å². The molecule has 2 aromatic rings. The number of hydrogen-bond acceptors (Lipinski definition) is 6. The van der Waals surface area contributed by atoms with Crippen LogP contribution < -0.4 is 5.45 Å². The molecule has 2 atom stereocenters. The maximum atomic E-state index is 13.2. The molecule has 0 bridgehead atoms. The predicted octanol–water partition coefficient (Wildman–Crippen LogP) is 2.64. The maximum Gasteiger partial charge on any atom is 0.308 e. The van der Waals surface area contributed by atoms with Gasteiger partial charge in [-0.2, -0.15) is 12.7 Å². The molecule has 0 aliphatic heterocycles. The molecule has 10 heteroatoms. The first-order valence-corrected chi connectivity index (χ1v) is 15.6. The van der Waals surface area contributed by atoms with Crippen LogP contribution in [0.5, 0.6) is 0 Å². The molecule has 0 spiro atoms. The highest BCUT2D eigenvalue weighted by molar-refractivity contribution is 7.87. The number of benzene rings is 1. The van der Waals surface area contributed by atoms with Crippen LogP contribution in [0.2, 0.25) is 18.1 Å². The Kier molecular flexibility index (Phi) is 9.05. The van der Waals surface area contributed by atoms with Crippen molar-refractivity contribution in [2.75, 3.05) is 20.7 Å². The molecule has 1 aromatic heterocycles. The van der Waals surface area contributed by atoms with Gasteiger partial charge in [0.1, 0.15) is 13.5 Å². The third kappa shape index (κ3) is 6.52. The van der Waals surface area contributed by atoms with E-state index < -0.39 is 30.5 Å². The molecule has 0 fully saturated rings. The monoisotopic (exact) mass is 497 g/mol. The second-order valence-corrected chi connectivity index (χ2v) is 17.4. The van der Waals surface area contributed by atoms with Gasteiger partial charge < -0.3 is 14.9 Å². The lowest BCUT2D eigenvalue weighted by molar-refractivity contribution is 0.0162. The summed E-state index contributed by atoms with van der Waals surface area (Å²) in [4.78, 5) is 4.51. The van der Waals surface area contributed by atoms with E-state index >= 15 is 0 Å². The Morgan fingerprint density at radius 2 is 1.73 bits per heavy atom. The topological polar surface area (TPSA) is 105 Å². The fourth-order valence-electron chi connectivity index (χ4n) is 3.20. The summed E-state index contributed by atoms with van der Waals surface area (Å²) in [5.74, 6) is 0. The van der Waals surface area contributed by atoms with E-state index in [4.69, 9.17) is 4.74 Å². The van der Waals surface area contributed by atoms with Crippen LogP contribution in [0.1, 0.15) is 51.0 Å². The highest BCUT2D eigenvalue weighted by Crippen LogP contribution is 2.36. The van der Waals surface area contributed by atoms with Crippen LogP contribution in [0, 0.1) is 0 Å². The van der Waals surface area contributed by atoms with Crippen LogP contribution in [-0.4, -0.2) is 66.8 Å². The lowest BCUT2D eigenvalue weighted by Gasteiger charge is -2.36. The SMILES string of the molecule is CN(C)S(=O)(=O)n1c([C@@H](O)CC[C@H](O)COCc2ccccc2)cnc1[Si](C)(C)C(C)(C)C. The summed E-state index contributed by atoms with van der Waals surface area (Å²) < 4.78 is 34.4. The summed E-state index contributed by atoms with van der Waals surface area (Å²) in [6.45, 7) is 10.9. The molecule has 0 saturated carbocycles. The number of aromatic nitrogens is 2. The molecular formula is C23H39N3O5SSi. The zero-order chi connectivity index (χ0) is 25.0. The lowest BCUT2D eigenvalue weighted by Crippen LogP contribution is -2.56. The molecule has 1 heterocycles. The van der Waals surface area contributed by atoms with Gasteiger partial charge in [0.15, 0.2) is 0 Å². The van der Waals surface area contributed by atoms with Gasteiger partial charge in [-0.25, -0.2) is 8.96 Å². The molecule has 2 rings (SSSR count). The third-order valence-corrected chi connectivity index (χ3v) is 13.6. The van der Waals surface area contributed by atoms with Gasteiger partial charge >= 0.3 is 10.2 Å². The summed E-state index contributed by atoms with van der Waals surface area (Å²) in [6, 6.07) is 9.67. The molecular weight excluding hydrogens is 458 g/mol. The number of nitrogens with zero attached hydrogens (tertiary/aromatic N) is 3. The molecule has 1 aromatic carbocycles. The molecule has 0 unspecified atom stereocenters. The fraction of sp³-hybridized carbons (Fsp3) is 0.609. The number of rotatable bonds is 11. The first-order chi connectivity index (χ1) is 15.2. The highest BCUT2D eigenvalue weighted by atomic mass is 32.2. The minimum Gasteiger partial charge on any atom is -0.391 e. The van der Waals surface area contributed by atoms with Crippen LogP contribution in [0.15, 0.2) is 36.5 Å². The molecule has 0 amide bonds. The molecule has 186 valence electrons. The standard InChI is InChI=1S/C23H39N3O5SSi/c1-23(2,3)33(6,7)22-24-15-20(26(22)32(29,30)25(4)5)21(28)14-13-19(27)17-31-16-18-11-9-8-10-12-18/h8-12,15,19,21,27-28H,13-14,16-17H2,1-7H3/t19-,21-/m0/s1. The zero-order valence-electron chi connectivity index (χ0n) is 20.8. The van der Waals surface area contributed by atoms with Crippen molar-refractivity contribution in [2.24, 2.45) is 0 Å². The summed E-state index contributed by atoms with van der Waals surface area (Å²) in [5, 5.41) is 21.1. The van der Waals surface area contributed by atoms with E-state index in [0.29, 0.717) is 12.1 Å². The molecule has 2 N–H and O–H groups in total. The van der Waals surface area contributed by atoms with E-state index in [9.17, 15) is 18.6 Å². The van der Waals surface area contributed by atoms with Crippen molar-refractivity contribution in [1.82, 2.24) is 13.3 Å². The molecule has 0 saturated heterocycles. The lowest BCUT2D eigenvalue weighted by atomic mass is 10.1. The number of aliphatic hydroxyl groups is 2. The normalized spacial score (nSPS) is 15.1. The van der Waals surface area contributed by atoms with E-state index in [1.165, 1.54) is 24.3 Å². The number of imidazole rings is 1. The van der Waals surface area contributed by atoms with Gasteiger partial charge in [-0.05, 0) is 23.4 Å². The Morgan fingerprint density at radius 3 is 2.27 bits per heavy atom. The van der Waals surface area contributed by atoms with Gasteiger partial charge in [0, 0.05) is 14.1 Å². The zero-order valence-corrected chi connectivity index (χ0v) is 22.6. The van der Waals surface area contributed by atoms with Crippen molar-refractivity contribution >= 4 is 23.7 Å². The van der Waals surface area contributed by atoms with E-state index in [0.717, 1.165) is 9.87 Å². The van der Waals surface area contributed by atoms with Crippen LogP contribution in [0.4, 0.5) is 0 Å². The second-order valence-electron chi connectivity index (χ2n) is 10.2. The summed E-state index contributed by atoms with van der Waals surface area (Å²) in [6.07, 6.45) is 0.0411. The second kappa shape index (κ2) is 10.8. The average molecular weight is 498 g/mol. The van der Waals surface area contributed by atoms with Crippen molar-refractivity contribution in [1.29, 1.82) is 0 Å². The van der Waals surface area contributed by atoms with Crippen molar-refractivity contribution in [3.05, 3.63) is 47.8 Å². The minimum atomic E-state index is -3.89. The van der Waals surface area contributed by atoms with Gasteiger partial charge in [-0.1, -0.05) is 64.2 Å². The van der Waals surface area contributed by atoms with E-state index in [1.54, 1.807) is 0 Å². The van der Waals surface area contributed by atoms with E-state index in [2.05, 4.69) is 38.8 Å². The first-order valence-electron chi connectivity index (χ1n) is 11.2. The predicted molar refractivity (Wildman–Crippen MR) is 133 cm³/mol. The molecule has 0 radical (unpaired) electrons. The summed E-state index contributed by atoms with van der Waals surface area (Å²) in [7, 11) is -3.29. The van der Waals surface area contributed by atoms with Crippen molar-refractivity contribution in [3.63, 3.8) is 0 Å². The van der Waals surface area contributed by atoms with Gasteiger partial charge in [-0.3, -0.25) is 0 Å². The number of hydrogen-bond donors (Lipinski definition) is 2. The smallest absolute Gasteiger partial charge is 0.308 e. The summed E-state index contributed by atoms with van der Waals surface area (Å²) in [5.41, 5.74) is 1.74.